The molecule has 0 unspecified atom stereocenters. The molecule has 0 nitrogen and oxygen atoms in total. The van der Waals surface area contributed by atoms with Crippen LogP contribution in [0.2, 0.25) is 0 Å². The van der Waals surface area contributed by atoms with Gasteiger partial charge in [-0.1, -0.05) is 33.6 Å². The summed E-state index contributed by atoms with van der Waals surface area (Å²) in [4.78, 5) is 0. The molecule has 1 aliphatic carbocycles. The van der Waals surface area contributed by atoms with E-state index >= 15 is 0 Å². The smallest absolute Gasteiger partial charge is 0.0277 e. The molecule has 0 spiro atoms. The predicted octanol–water partition coefficient (Wildman–Crippen LogP) is 4.08. The first-order chi connectivity index (χ1) is 5.56. The number of halogens is 1. The third-order valence-electron chi connectivity index (χ3n) is 3.47. The standard InChI is InChI=1S/C11H21Cl/c1-9-4-6-10(7-5-9)11(2,3)8-12/h9-10H,4-8H2,1-3H3. The predicted molar refractivity (Wildman–Crippen MR) is 55.6 cm³/mol. The summed E-state index contributed by atoms with van der Waals surface area (Å²) in [6, 6.07) is 0. The van der Waals surface area contributed by atoms with E-state index in [9.17, 15) is 0 Å². The number of hydrogen-bond acceptors (Lipinski definition) is 0. The quantitative estimate of drug-likeness (QED) is 0.573. The first kappa shape index (κ1) is 10.4. The van der Waals surface area contributed by atoms with Crippen LogP contribution in [-0.4, -0.2) is 5.88 Å². The minimum atomic E-state index is 0.363. The lowest BCUT2D eigenvalue weighted by Crippen LogP contribution is -2.29. The highest BCUT2D eigenvalue weighted by Crippen LogP contribution is 2.40. The van der Waals surface area contributed by atoms with Crippen LogP contribution in [0.3, 0.4) is 0 Å². The van der Waals surface area contributed by atoms with E-state index in [0.717, 1.165) is 17.7 Å². The molecule has 0 N–H and O–H groups in total. The Morgan fingerprint density at radius 2 is 1.67 bits per heavy atom. The van der Waals surface area contributed by atoms with Crippen LogP contribution in [0.1, 0.15) is 46.5 Å². The van der Waals surface area contributed by atoms with Gasteiger partial charge in [0.25, 0.3) is 0 Å². The van der Waals surface area contributed by atoms with Gasteiger partial charge in [-0.25, -0.2) is 0 Å². The SMILES string of the molecule is CC1CCC(C(C)(C)CCl)CC1. The molecular weight excluding hydrogens is 168 g/mol. The van der Waals surface area contributed by atoms with Crippen LogP contribution in [-0.2, 0) is 0 Å². The Morgan fingerprint density at radius 3 is 2.08 bits per heavy atom. The summed E-state index contributed by atoms with van der Waals surface area (Å²) in [5.41, 5.74) is 0.363. The van der Waals surface area contributed by atoms with Gasteiger partial charge in [-0.3, -0.25) is 0 Å². The fourth-order valence-corrected chi connectivity index (χ4v) is 2.37. The van der Waals surface area contributed by atoms with E-state index in [1.54, 1.807) is 0 Å². The van der Waals surface area contributed by atoms with E-state index in [2.05, 4.69) is 20.8 Å². The molecule has 1 aliphatic rings. The molecule has 1 rings (SSSR count). The molecule has 0 radical (unpaired) electrons. The van der Waals surface area contributed by atoms with Crippen molar-refractivity contribution in [3.63, 3.8) is 0 Å². The molecule has 0 aliphatic heterocycles. The second kappa shape index (κ2) is 4.00. The molecule has 0 aromatic rings. The van der Waals surface area contributed by atoms with Gasteiger partial charge in [-0.2, -0.15) is 0 Å². The van der Waals surface area contributed by atoms with E-state index in [4.69, 9.17) is 11.6 Å². The lowest BCUT2D eigenvalue weighted by Gasteiger charge is -2.37. The zero-order valence-electron chi connectivity index (χ0n) is 8.57. The Kier molecular flexibility index (Phi) is 3.46. The van der Waals surface area contributed by atoms with Crippen molar-refractivity contribution in [2.45, 2.75) is 46.5 Å². The van der Waals surface area contributed by atoms with Gasteiger partial charge in [0, 0.05) is 5.88 Å². The van der Waals surface area contributed by atoms with Crippen LogP contribution in [0, 0.1) is 17.3 Å². The zero-order chi connectivity index (χ0) is 9.19. The van der Waals surface area contributed by atoms with E-state index in [1.165, 1.54) is 25.7 Å². The van der Waals surface area contributed by atoms with Crippen molar-refractivity contribution in [1.29, 1.82) is 0 Å². The summed E-state index contributed by atoms with van der Waals surface area (Å²) in [6.45, 7) is 6.98. The minimum absolute atomic E-state index is 0.363. The average Bonchev–Trinajstić information content (AvgIpc) is 2.05. The van der Waals surface area contributed by atoms with E-state index in [-0.39, 0.29) is 0 Å². The number of rotatable bonds is 2. The molecule has 12 heavy (non-hydrogen) atoms. The van der Waals surface area contributed by atoms with Crippen molar-refractivity contribution in [3.8, 4) is 0 Å². The maximum Gasteiger partial charge on any atom is 0.0277 e. The second-order valence-corrected chi connectivity index (χ2v) is 5.35. The highest BCUT2D eigenvalue weighted by Gasteiger charge is 2.31. The normalized spacial score (nSPS) is 32.0. The van der Waals surface area contributed by atoms with Crippen LogP contribution < -0.4 is 0 Å². The Bertz CT molecular complexity index is 132. The maximum absolute atomic E-state index is 5.96. The molecule has 1 heteroatoms. The first-order valence-electron chi connectivity index (χ1n) is 5.12. The highest BCUT2D eigenvalue weighted by atomic mass is 35.5. The average molecular weight is 189 g/mol. The topological polar surface area (TPSA) is 0 Å². The Balaban J connectivity index is 2.44. The van der Waals surface area contributed by atoms with Crippen LogP contribution in [0.25, 0.3) is 0 Å². The van der Waals surface area contributed by atoms with Gasteiger partial charge in [0.15, 0.2) is 0 Å². The van der Waals surface area contributed by atoms with Gasteiger partial charge in [-0.05, 0) is 30.1 Å². The fourth-order valence-electron chi connectivity index (χ4n) is 2.15. The summed E-state index contributed by atoms with van der Waals surface area (Å²) >= 11 is 5.96. The molecule has 0 aromatic carbocycles. The van der Waals surface area contributed by atoms with E-state index < -0.39 is 0 Å². The monoisotopic (exact) mass is 188 g/mol. The van der Waals surface area contributed by atoms with Gasteiger partial charge in [0.2, 0.25) is 0 Å². The van der Waals surface area contributed by atoms with Crippen molar-refractivity contribution in [2.75, 3.05) is 5.88 Å². The highest BCUT2D eigenvalue weighted by molar-refractivity contribution is 6.18. The lowest BCUT2D eigenvalue weighted by atomic mass is 9.70. The molecule has 0 heterocycles. The number of hydrogen-bond donors (Lipinski definition) is 0. The largest absolute Gasteiger partial charge is 0.126 e. The zero-order valence-corrected chi connectivity index (χ0v) is 9.32. The first-order valence-corrected chi connectivity index (χ1v) is 5.65. The molecule has 0 atom stereocenters. The molecule has 1 saturated carbocycles. The molecule has 0 bridgehead atoms. The fraction of sp³-hybridized carbons (Fsp3) is 1.00. The molecule has 72 valence electrons. The molecule has 0 amide bonds. The van der Waals surface area contributed by atoms with Gasteiger partial charge in [-0.15, -0.1) is 11.6 Å². The minimum Gasteiger partial charge on any atom is -0.126 e. The van der Waals surface area contributed by atoms with Gasteiger partial charge >= 0.3 is 0 Å². The second-order valence-electron chi connectivity index (χ2n) is 5.08. The van der Waals surface area contributed by atoms with Gasteiger partial charge in [0.05, 0.1) is 0 Å². The number of alkyl halides is 1. The van der Waals surface area contributed by atoms with Crippen LogP contribution in [0.15, 0.2) is 0 Å². The summed E-state index contributed by atoms with van der Waals surface area (Å²) in [7, 11) is 0. The van der Waals surface area contributed by atoms with Crippen LogP contribution in [0.4, 0.5) is 0 Å². The van der Waals surface area contributed by atoms with Crippen LogP contribution >= 0.6 is 11.6 Å². The molecule has 0 aromatic heterocycles. The summed E-state index contributed by atoms with van der Waals surface area (Å²) in [5.74, 6) is 2.63. The van der Waals surface area contributed by atoms with Crippen molar-refractivity contribution >= 4 is 11.6 Å². The Labute approximate surface area is 81.7 Å². The van der Waals surface area contributed by atoms with Gasteiger partial charge < -0.3 is 0 Å². The van der Waals surface area contributed by atoms with E-state index in [1.807, 2.05) is 0 Å². The van der Waals surface area contributed by atoms with Crippen molar-refractivity contribution in [2.24, 2.45) is 17.3 Å². The summed E-state index contributed by atoms with van der Waals surface area (Å²) in [5, 5.41) is 0. The third kappa shape index (κ3) is 2.39. The Hall–Kier alpha value is 0.290. The van der Waals surface area contributed by atoms with Gasteiger partial charge in [0.1, 0.15) is 0 Å². The Morgan fingerprint density at radius 1 is 1.17 bits per heavy atom. The molecule has 1 fully saturated rings. The maximum atomic E-state index is 5.96. The summed E-state index contributed by atoms with van der Waals surface area (Å²) in [6.07, 6.45) is 5.59. The molecule has 0 saturated heterocycles. The van der Waals surface area contributed by atoms with E-state index in [0.29, 0.717) is 5.41 Å². The van der Waals surface area contributed by atoms with Crippen LogP contribution in [0.5, 0.6) is 0 Å². The third-order valence-corrected chi connectivity index (χ3v) is 4.15. The van der Waals surface area contributed by atoms with Crippen molar-refractivity contribution < 1.29 is 0 Å². The van der Waals surface area contributed by atoms with Crippen molar-refractivity contribution in [1.82, 2.24) is 0 Å². The van der Waals surface area contributed by atoms with Crippen molar-refractivity contribution in [3.05, 3.63) is 0 Å². The summed E-state index contributed by atoms with van der Waals surface area (Å²) < 4.78 is 0. The lowest BCUT2D eigenvalue weighted by molar-refractivity contribution is 0.158. The molecular formula is C11H21Cl.